The van der Waals surface area contributed by atoms with Crippen molar-refractivity contribution in [1.82, 2.24) is 9.88 Å². The third-order valence-corrected chi connectivity index (χ3v) is 5.85. The van der Waals surface area contributed by atoms with E-state index in [9.17, 15) is 13.2 Å². The molecule has 0 atom stereocenters. The fourth-order valence-corrected chi connectivity index (χ4v) is 4.59. The van der Waals surface area contributed by atoms with E-state index in [1.165, 1.54) is 6.92 Å². The van der Waals surface area contributed by atoms with Gasteiger partial charge < -0.3 is 9.42 Å². The molecule has 2 rings (SSSR count). The van der Waals surface area contributed by atoms with E-state index in [-0.39, 0.29) is 29.7 Å². The van der Waals surface area contributed by atoms with Gasteiger partial charge in [-0.3, -0.25) is 4.79 Å². The quantitative estimate of drug-likeness (QED) is 0.833. The predicted octanol–water partition coefficient (Wildman–Crippen LogP) is 2.55. The molecule has 26 heavy (non-hydrogen) atoms. The van der Waals surface area contributed by atoms with Crippen LogP contribution in [0.15, 0.2) is 21.6 Å². The number of amides is 1. The molecule has 1 aromatic heterocycles. The van der Waals surface area contributed by atoms with Crippen LogP contribution >= 0.6 is 0 Å². The minimum Gasteiger partial charge on any atom is -0.360 e. The molecule has 0 spiro atoms. The summed E-state index contributed by atoms with van der Waals surface area (Å²) in [4.78, 5) is 13.8. The Balaban J connectivity index is 2.20. The SMILES string of the molecule is CC(=O)N(CCNS(=O)(=O)c1c(C)noc1C)c1c(C)cc(C)cc1C. The lowest BCUT2D eigenvalue weighted by Gasteiger charge is -2.25. The maximum Gasteiger partial charge on any atom is 0.246 e. The second-order valence-corrected chi connectivity index (χ2v) is 8.17. The standard InChI is InChI=1S/C18H25N3O4S/c1-11-9-12(2)17(13(3)10-11)21(16(6)22)8-7-19-26(23,24)18-14(4)20-25-15(18)5/h9-10,19H,7-8H2,1-6H3. The zero-order chi connectivity index (χ0) is 19.6. The molecular weight excluding hydrogens is 354 g/mol. The van der Waals surface area contributed by atoms with Crippen molar-refractivity contribution >= 4 is 21.6 Å². The molecule has 1 aromatic carbocycles. The number of hydrogen-bond acceptors (Lipinski definition) is 5. The molecule has 142 valence electrons. The fourth-order valence-electron chi connectivity index (χ4n) is 3.25. The highest BCUT2D eigenvalue weighted by molar-refractivity contribution is 7.89. The predicted molar refractivity (Wildman–Crippen MR) is 99.8 cm³/mol. The maximum atomic E-state index is 12.5. The number of anilines is 1. The zero-order valence-corrected chi connectivity index (χ0v) is 16.8. The molecule has 1 N–H and O–H groups in total. The summed E-state index contributed by atoms with van der Waals surface area (Å²) in [5, 5.41) is 3.67. The van der Waals surface area contributed by atoms with Crippen LogP contribution in [0, 0.1) is 34.6 Å². The van der Waals surface area contributed by atoms with Crippen LogP contribution < -0.4 is 9.62 Å². The molecule has 8 heteroatoms. The summed E-state index contributed by atoms with van der Waals surface area (Å²) in [5.74, 6) is 0.0974. The maximum absolute atomic E-state index is 12.5. The molecule has 0 aliphatic heterocycles. The highest BCUT2D eigenvalue weighted by Gasteiger charge is 2.24. The number of sulfonamides is 1. The Hall–Kier alpha value is -2.19. The van der Waals surface area contributed by atoms with E-state index in [0.29, 0.717) is 5.69 Å². The smallest absolute Gasteiger partial charge is 0.246 e. The average Bonchev–Trinajstić information content (AvgIpc) is 2.84. The van der Waals surface area contributed by atoms with E-state index in [0.717, 1.165) is 22.4 Å². The first-order valence-electron chi connectivity index (χ1n) is 8.33. The van der Waals surface area contributed by atoms with Crippen molar-refractivity contribution in [3.63, 3.8) is 0 Å². The summed E-state index contributed by atoms with van der Waals surface area (Å²) < 4.78 is 32.4. The van der Waals surface area contributed by atoms with Gasteiger partial charge in [-0.15, -0.1) is 0 Å². The van der Waals surface area contributed by atoms with Crippen molar-refractivity contribution in [3.05, 3.63) is 40.3 Å². The molecule has 2 aromatic rings. The number of benzene rings is 1. The molecule has 0 radical (unpaired) electrons. The van der Waals surface area contributed by atoms with Gasteiger partial charge in [0.15, 0.2) is 5.76 Å². The molecule has 1 heterocycles. The van der Waals surface area contributed by atoms with Crippen molar-refractivity contribution in [1.29, 1.82) is 0 Å². The minimum absolute atomic E-state index is 0.0505. The molecule has 7 nitrogen and oxygen atoms in total. The molecule has 0 unspecified atom stereocenters. The summed E-state index contributed by atoms with van der Waals surface area (Å²) in [7, 11) is -3.75. The van der Waals surface area contributed by atoms with Gasteiger partial charge in [-0.25, -0.2) is 13.1 Å². The van der Waals surface area contributed by atoms with Gasteiger partial charge in [0.05, 0.1) is 0 Å². The van der Waals surface area contributed by atoms with Gasteiger partial charge in [0, 0.05) is 25.7 Å². The second kappa shape index (κ2) is 7.59. The number of nitrogens with one attached hydrogen (secondary N) is 1. The molecule has 0 saturated carbocycles. The molecule has 0 aliphatic carbocycles. The lowest BCUT2D eigenvalue weighted by atomic mass is 10.0. The van der Waals surface area contributed by atoms with Crippen LogP contribution in [0.5, 0.6) is 0 Å². The first-order valence-corrected chi connectivity index (χ1v) is 9.81. The van der Waals surface area contributed by atoms with Crippen LogP contribution in [0.4, 0.5) is 5.69 Å². The number of rotatable bonds is 6. The van der Waals surface area contributed by atoms with Crippen molar-refractivity contribution in [2.45, 2.75) is 46.4 Å². The van der Waals surface area contributed by atoms with Gasteiger partial charge in [-0.1, -0.05) is 22.9 Å². The molecule has 1 amide bonds. The Bertz CT molecular complexity index is 889. The largest absolute Gasteiger partial charge is 0.360 e. The van der Waals surface area contributed by atoms with Gasteiger partial charge in [-0.05, 0) is 45.7 Å². The van der Waals surface area contributed by atoms with Gasteiger partial charge in [0.2, 0.25) is 15.9 Å². The average molecular weight is 379 g/mol. The van der Waals surface area contributed by atoms with Crippen LogP contribution in [0.1, 0.15) is 35.1 Å². The van der Waals surface area contributed by atoms with Crippen molar-refractivity contribution in [3.8, 4) is 0 Å². The lowest BCUT2D eigenvalue weighted by Crippen LogP contribution is -2.38. The van der Waals surface area contributed by atoms with Crippen LogP contribution in [0.25, 0.3) is 0 Å². The Morgan fingerprint density at radius 2 is 1.73 bits per heavy atom. The normalized spacial score (nSPS) is 11.6. The van der Waals surface area contributed by atoms with Gasteiger partial charge >= 0.3 is 0 Å². The van der Waals surface area contributed by atoms with E-state index in [2.05, 4.69) is 9.88 Å². The van der Waals surface area contributed by atoms with Crippen molar-refractivity contribution in [2.75, 3.05) is 18.0 Å². The Morgan fingerprint density at radius 3 is 2.19 bits per heavy atom. The number of nitrogens with zero attached hydrogens (tertiary/aromatic N) is 2. The van der Waals surface area contributed by atoms with Crippen LogP contribution in [0.2, 0.25) is 0 Å². The first-order chi connectivity index (χ1) is 12.0. The highest BCUT2D eigenvalue weighted by Crippen LogP contribution is 2.26. The molecular formula is C18H25N3O4S. The Labute approximate surface area is 154 Å². The topological polar surface area (TPSA) is 92.5 Å². The highest BCUT2D eigenvalue weighted by atomic mass is 32.2. The molecule has 0 aliphatic rings. The zero-order valence-electron chi connectivity index (χ0n) is 16.0. The van der Waals surface area contributed by atoms with E-state index < -0.39 is 10.0 Å². The number of carbonyl (C=O) groups is 1. The van der Waals surface area contributed by atoms with E-state index in [4.69, 9.17) is 4.52 Å². The third-order valence-electron chi connectivity index (χ3n) is 4.15. The molecule has 0 bridgehead atoms. The summed E-state index contributed by atoms with van der Waals surface area (Å²) in [6, 6.07) is 4.01. The van der Waals surface area contributed by atoms with Gasteiger partial charge in [0.1, 0.15) is 10.6 Å². The Kier molecular flexibility index (Phi) is 5.87. The third kappa shape index (κ3) is 4.13. The van der Waals surface area contributed by atoms with Gasteiger partial charge in [-0.2, -0.15) is 0 Å². The number of aryl methyl sites for hydroxylation is 5. The van der Waals surface area contributed by atoms with E-state index in [1.807, 2.05) is 32.9 Å². The summed E-state index contributed by atoms with van der Waals surface area (Å²) in [5.41, 5.74) is 4.20. The monoisotopic (exact) mass is 379 g/mol. The fraction of sp³-hybridized carbons (Fsp3) is 0.444. The number of carbonyl (C=O) groups excluding carboxylic acids is 1. The Morgan fingerprint density at radius 1 is 1.15 bits per heavy atom. The molecule has 0 saturated heterocycles. The van der Waals surface area contributed by atoms with E-state index in [1.54, 1.807) is 18.7 Å². The van der Waals surface area contributed by atoms with E-state index >= 15 is 0 Å². The second-order valence-electron chi connectivity index (χ2n) is 6.47. The summed E-state index contributed by atoms with van der Waals surface area (Å²) in [6.07, 6.45) is 0. The summed E-state index contributed by atoms with van der Waals surface area (Å²) >= 11 is 0. The van der Waals surface area contributed by atoms with Gasteiger partial charge in [0.25, 0.3) is 0 Å². The van der Waals surface area contributed by atoms with Crippen LogP contribution in [-0.2, 0) is 14.8 Å². The minimum atomic E-state index is -3.75. The van der Waals surface area contributed by atoms with Crippen molar-refractivity contribution < 1.29 is 17.7 Å². The van der Waals surface area contributed by atoms with Crippen molar-refractivity contribution in [2.24, 2.45) is 0 Å². The number of aromatic nitrogens is 1. The summed E-state index contributed by atoms with van der Waals surface area (Å²) in [6.45, 7) is 10.8. The van der Waals surface area contributed by atoms with Crippen LogP contribution in [-0.4, -0.2) is 32.6 Å². The lowest BCUT2D eigenvalue weighted by molar-refractivity contribution is -0.116. The number of hydrogen-bond donors (Lipinski definition) is 1. The first kappa shape index (κ1) is 20.1. The van der Waals surface area contributed by atoms with Crippen LogP contribution in [0.3, 0.4) is 0 Å². The molecule has 0 fully saturated rings.